The molecule has 0 aliphatic carbocycles. The van der Waals surface area contributed by atoms with Crippen molar-refractivity contribution in [1.82, 2.24) is 15.2 Å². The lowest BCUT2D eigenvalue weighted by atomic mass is 9.98. The molecule has 1 N–H and O–H groups in total. The van der Waals surface area contributed by atoms with Gasteiger partial charge in [0.1, 0.15) is 15.4 Å². The summed E-state index contributed by atoms with van der Waals surface area (Å²) in [6, 6.07) is 3.50. The minimum absolute atomic E-state index is 0.213. The molecule has 1 fully saturated rings. The molecule has 1 aliphatic rings. The molecular weight excluding hydrogens is 348 g/mol. The number of amides is 2. The highest BCUT2D eigenvalue weighted by Gasteiger charge is 2.41. The second-order valence-corrected chi connectivity index (χ2v) is 7.33. The van der Waals surface area contributed by atoms with Gasteiger partial charge >= 0.3 is 0 Å². The van der Waals surface area contributed by atoms with Crippen molar-refractivity contribution in [2.24, 2.45) is 0 Å². The number of nitrogens with zero attached hydrogens (tertiary/aromatic N) is 2. The topological polar surface area (TPSA) is 62.3 Å². The van der Waals surface area contributed by atoms with Crippen LogP contribution in [0.3, 0.4) is 0 Å². The molecule has 3 rings (SSSR count). The maximum absolute atomic E-state index is 13.4. The summed E-state index contributed by atoms with van der Waals surface area (Å²) < 4.78 is 26.6. The van der Waals surface area contributed by atoms with Crippen LogP contribution in [0, 0.1) is 18.6 Å². The van der Waals surface area contributed by atoms with E-state index in [-0.39, 0.29) is 11.8 Å². The number of aryl methyl sites for hydroxylation is 1. The zero-order valence-electron chi connectivity index (χ0n) is 14.0. The maximum atomic E-state index is 13.4. The number of hydrogen-bond acceptors (Lipinski definition) is 4. The summed E-state index contributed by atoms with van der Waals surface area (Å²) in [5.74, 6) is -2.40. The van der Waals surface area contributed by atoms with Crippen LogP contribution < -0.4 is 5.32 Å². The van der Waals surface area contributed by atoms with E-state index in [0.717, 1.165) is 23.5 Å². The molecule has 0 atom stereocenters. The van der Waals surface area contributed by atoms with Gasteiger partial charge in [-0.1, -0.05) is 0 Å². The molecule has 1 aliphatic heterocycles. The summed E-state index contributed by atoms with van der Waals surface area (Å²) in [4.78, 5) is 31.2. The van der Waals surface area contributed by atoms with Crippen LogP contribution in [0.2, 0.25) is 0 Å². The van der Waals surface area contributed by atoms with E-state index in [2.05, 4.69) is 10.3 Å². The Morgan fingerprint density at radius 3 is 2.72 bits per heavy atom. The van der Waals surface area contributed by atoms with Crippen molar-refractivity contribution in [3.63, 3.8) is 0 Å². The Hall–Kier alpha value is -2.35. The molecule has 0 bridgehead atoms. The number of hydrogen-bond donors (Lipinski definition) is 1. The van der Waals surface area contributed by atoms with Crippen LogP contribution in [0.5, 0.6) is 0 Å². The molecular formula is C17H17F2N3O2S. The van der Waals surface area contributed by atoms with Gasteiger partial charge in [-0.15, -0.1) is 11.3 Å². The predicted octanol–water partition coefficient (Wildman–Crippen LogP) is 2.75. The summed E-state index contributed by atoms with van der Waals surface area (Å²) in [6.07, 6.45) is 0. The Kier molecular flexibility index (Phi) is 4.32. The molecule has 132 valence electrons. The largest absolute Gasteiger partial charge is 0.352 e. The van der Waals surface area contributed by atoms with Crippen LogP contribution in [-0.2, 0) is 4.79 Å². The van der Waals surface area contributed by atoms with Crippen LogP contribution in [0.1, 0.15) is 29.2 Å². The summed E-state index contributed by atoms with van der Waals surface area (Å²) in [5, 5.41) is 3.17. The highest BCUT2D eigenvalue weighted by Crippen LogP contribution is 2.31. The van der Waals surface area contributed by atoms with Gasteiger partial charge in [0.15, 0.2) is 11.6 Å². The molecule has 0 saturated carbocycles. The third kappa shape index (κ3) is 3.02. The van der Waals surface area contributed by atoms with E-state index >= 15 is 0 Å². The van der Waals surface area contributed by atoms with Crippen molar-refractivity contribution in [2.45, 2.75) is 26.3 Å². The minimum Gasteiger partial charge on any atom is -0.352 e. The van der Waals surface area contributed by atoms with Gasteiger partial charge in [-0.25, -0.2) is 13.8 Å². The van der Waals surface area contributed by atoms with Crippen molar-refractivity contribution in [3.05, 3.63) is 40.4 Å². The molecule has 1 aromatic carbocycles. The first-order valence-corrected chi connectivity index (χ1v) is 8.56. The molecule has 8 heteroatoms. The second kappa shape index (κ2) is 6.18. The summed E-state index contributed by atoms with van der Waals surface area (Å²) in [5.41, 5.74) is -0.0633. The summed E-state index contributed by atoms with van der Waals surface area (Å²) in [7, 11) is 0. The van der Waals surface area contributed by atoms with E-state index in [1.165, 1.54) is 11.0 Å². The number of piperazine rings is 1. The fraction of sp³-hybridized carbons (Fsp3) is 0.353. The van der Waals surface area contributed by atoms with Crippen LogP contribution >= 0.6 is 11.3 Å². The normalized spacial score (nSPS) is 16.7. The fourth-order valence-corrected chi connectivity index (χ4v) is 3.74. The fourth-order valence-electron chi connectivity index (χ4n) is 2.73. The van der Waals surface area contributed by atoms with Gasteiger partial charge in [0.05, 0.1) is 5.69 Å². The Bertz CT molecular complexity index is 864. The van der Waals surface area contributed by atoms with E-state index in [9.17, 15) is 18.4 Å². The van der Waals surface area contributed by atoms with Crippen LogP contribution in [-0.4, -0.2) is 40.3 Å². The quantitative estimate of drug-likeness (QED) is 0.890. The van der Waals surface area contributed by atoms with Gasteiger partial charge in [-0.3, -0.25) is 9.59 Å². The number of rotatable bonds is 2. The van der Waals surface area contributed by atoms with Crippen molar-refractivity contribution in [3.8, 4) is 10.6 Å². The van der Waals surface area contributed by atoms with E-state index in [4.69, 9.17) is 0 Å². The smallest absolute Gasteiger partial charge is 0.266 e. The summed E-state index contributed by atoms with van der Waals surface area (Å²) in [6.45, 7) is 5.85. The van der Waals surface area contributed by atoms with Crippen molar-refractivity contribution < 1.29 is 18.4 Å². The van der Waals surface area contributed by atoms with Gasteiger partial charge in [0, 0.05) is 18.7 Å². The SMILES string of the molecule is Cc1nc(-c2ccc(F)c(F)c2)sc1C(=O)N1CCNC(=O)C1(C)C. The number of thiazole rings is 1. The third-order valence-corrected chi connectivity index (χ3v) is 5.45. The number of halogens is 2. The average Bonchev–Trinajstić information content (AvgIpc) is 2.94. The molecule has 1 saturated heterocycles. The summed E-state index contributed by atoms with van der Waals surface area (Å²) >= 11 is 1.11. The lowest BCUT2D eigenvalue weighted by molar-refractivity contribution is -0.133. The zero-order chi connectivity index (χ0) is 18.4. The highest BCUT2D eigenvalue weighted by atomic mass is 32.1. The number of carbonyl (C=O) groups excluding carboxylic acids is 2. The Morgan fingerprint density at radius 1 is 1.32 bits per heavy atom. The van der Waals surface area contributed by atoms with Crippen molar-refractivity contribution >= 4 is 23.2 Å². The second-order valence-electron chi connectivity index (χ2n) is 6.33. The standard InChI is InChI=1S/C17H17F2N3O2S/c1-9-13(15(23)22-7-6-20-16(24)17(22,2)3)25-14(21-9)10-4-5-11(18)12(19)8-10/h4-5,8H,6-7H2,1-3H3,(H,20,24). The average molecular weight is 365 g/mol. The molecule has 0 unspecified atom stereocenters. The van der Waals surface area contributed by atoms with E-state index in [0.29, 0.717) is 34.2 Å². The van der Waals surface area contributed by atoms with Crippen LogP contribution in [0.4, 0.5) is 8.78 Å². The molecule has 0 spiro atoms. The number of nitrogens with one attached hydrogen (secondary N) is 1. The van der Waals surface area contributed by atoms with Gasteiger partial charge in [0.25, 0.3) is 5.91 Å². The molecule has 2 heterocycles. The first-order valence-electron chi connectivity index (χ1n) is 7.75. The first kappa shape index (κ1) is 17.5. The van der Waals surface area contributed by atoms with Gasteiger partial charge in [0.2, 0.25) is 5.91 Å². The Balaban J connectivity index is 1.96. The lowest BCUT2D eigenvalue weighted by Gasteiger charge is -2.40. The molecule has 2 aromatic rings. The van der Waals surface area contributed by atoms with Crippen molar-refractivity contribution in [2.75, 3.05) is 13.1 Å². The maximum Gasteiger partial charge on any atom is 0.266 e. The van der Waals surface area contributed by atoms with Crippen LogP contribution in [0.25, 0.3) is 10.6 Å². The molecule has 25 heavy (non-hydrogen) atoms. The number of benzene rings is 1. The molecule has 0 radical (unpaired) electrons. The highest BCUT2D eigenvalue weighted by molar-refractivity contribution is 7.17. The van der Waals surface area contributed by atoms with Crippen molar-refractivity contribution in [1.29, 1.82) is 0 Å². The zero-order valence-corrected chi connectivity index (χ0v) is 14.8. The Labute approximate surface area is 147 Å². The monoisotopic (exact) mass is 365 g/mol. The van der Waals surface area contributed by atoms with Gasteiger partial charge in [-0.05, 0) is 39.0 Å². The lowest BCUT2D eigenvalue weighted by Crippen LogP contribution is -2.63. The number of carbonyl (C=O) groups is 2. The minimum atomic E-state index is -0.966. The predicted molar refractivity (Wildman–Crippen MR) is 90.3 cm³/mol. The molecule has 1 aromatic heterocycles. The molecule has 2 amide bonds. The third-order valence-electron chi connectivity index (χ3n) is 4.25. The number of aromatic nitrogens is 1. The van der Waals surface area contributed by atoms with Gasteiger partial charge in [-0.2, -0.15) is 0 Å². The van der Waals surface area contributed by atoms with Crippen LogP contribution in [0.15, 0.2) is 18.2 Å². The molecule has 5 nitrogen and oxygen atoms in total. The van der Waals surface area contributed by atoms with E-state index in [1.54, 1.807) is 20.8 Å². The van der Waals surface area contributed by atoms with E-state index < -0.39 is 17.2 Å². The van der Waals surface area contributed by atoms with Gasteiger partial charge < -0.3 is 10.2 Å². The Morgan fingerprint density at radius 2 is 2.04 bits per heavy atom. The first-order chi connectivity index (χ1) is 11.7. The van der Waals surface area contributed by atoms with E-state index in [1.807, 2.05) is 0 Å².